The van der Waals surface area contributed by atoms with Gasteiger partial charge < -0.3 is 10.2 Å². The van der Waals surface area contributed by atoms with Crippen molar-refractivity contribution >= 4 is 0 Å². The van der Waals surface area contributed by atoms with Gasteiger partial charge in [0.25, 0.3) is 0 Å². The number of hydrogen-bond acceptors (Lipinski definition) is 3. The Bertz CT molecular complexity index is 2280. The van der Waals surface area contributed by atoms with E-state index in [4.69, 9.17) is 4.98 Å². The standard InChI is InChI=1S/C57H65NO2.Hf/c1-54(2,3)40-24-46(52(59)48(26-40)56-28-34-18-35(29-56)20-36(19-34)30-56)42-12-7-9-14-44(42)50-16-11-17-51(58-50)45-15-10-8-13-43(45)47-25-41(55(4,5)6)27-49(53(47)60)57-31-37-21-38(32-57)23-39(22-37)33-57;/h7-17,24-27,34-39,59-60H,18-23,28-33H2,1-6H3;. The maximum absolute atomic E-state index is 12.6. The van der Waals surface area contributed by atoms with E-state index in [2.05, 4.69) is 133 Å². The zero-order valence-corrected chi connectivity index (χ0v) is 41.0. The summed E-state index contributed by atoms with van der Waals surface area (Å²) in [5.41, 5.74) is 12.7. The van der Waals surface area contributed by atoms with Crippen molar-refractivity contribution in [2.75, 3.05) is 0 Å². The molecule has 0 atom stereocenters. The van der Waals surface area contributed by atoms with Gasteiger partial charge in [-0.1, -0.05) is 108 Å². The second-order valence-corrected chi connectivity index (χ2v) is 23.2. The van der Waals surface area contributed by atoms with Crippen LogP contribution in [-0.2, 0) is 47.5 Å². The molecule has 0 aliphatic heterocycles. The molecule has 314 valence electrons. The molecule has 0 unspecified atom stereocenters. The van der Waals surface area contributed by atoms with Crippen molar-refractivity contribution in [3.8, 4) is 56.3 Å². The molecule has 8 aliphatic rings. The molecule has 8 fully saturated rings. The number of phenolic OH excluding ortho intramolecular Hbond substituents is 2. The van der Waals surface area contributed by atoms with Crippen LogP contribution in [0, 0.1) is 35.5 Å². The Balaban J connectivity index is 0.00000445. The normalized spacial score (nSPS) is 29.8. The number of aromatic nitrogens is 1. The number of aromatic hydroxyl groups is 2. The van der Waals surface area contributed by atoms with Gasteiger partial charge in [-0.25, -0.2) is 4.98 Å². The van der Waals surface area contributed by atoms with E-state index >= 15 is 0 Å². The Morgan fingerprint density at radius 3 is 1.05 bits per heavy atom. The van der Waals surface area contributed by atoms with Gasteiger partial charge in [0, 0.05) is 59.2 Å². The predicted molar refractivity (Wildman–Crippen MR) is 246 cm³/mol. The molecule has 2 N–H and O–H groups in total. The van der Waals surface area contributed by atoms with Crippen LogP contribution in [0.25, 0.3) is 44.8 Å². The molecule has 4 heteroatoms. The maximum Gasteiger partial charge on any atom is 0.127 e. The molecule has 61 heavy (non-hydrogen) atoms. The quantitative estimate of drug-likeness (QED) is 0.167. The third-order valence-electron chi connectivity index (χ3n) is 16.9. The molecule has 8 bridgehead atoms. The van der Waals surface area contributed by atoms with Crippen molar-refractivity contribution in [3.05, 3.63) is 113 Å². The Kier molecular flexibility index (Phi) is 10.1. The average Bonchev–Trinajstić information content (AvgIpc) is 3.19. The summed E-state index contributed by atoms with van der Waals surface area (Å²) in [6, 6.07) is 32.8. The van der Waals surface area contributed by atoms with Gasteiger partial charge >= 0.3 is 0 Å². The fourth-order valence-electron chi connectivity index (χ4n) is 14.9. The van der Waals surface area contributed by atoms with E-state index in [1.807, 2.05) is 0 Å². The van der Waals surface area contributed by atoms with Gasteiger partial charge in [0.1, 0.15) is 11.5 Å². The van der Waals surface area contributed by atoms with E-state index in [0.29, 0.717) is 11.5 Å². The second-order valence-electron chi connectivity index (χ2n) is 23.2. The first kappa shape index (κ1) is 41.5. The molecule has 3 nitrogen and oxygen atoms in total. The van der Waals surface area contributed by atoms with Crippen LogP contribution in [0.15, 0.2) is 91.0 Å². The number of rotatable bonds is 6. The van der Waals surface area contributed by atoms with Crippen LogP contribution < -0.4 is 0 Å². The second kappa shape index (κ2) is 14.8. The topological polar surface area (TPSA) is 53.4 Å². The monoisotopic (exact) mass is 975 g/mol. The minimum atomic E-state index is -0.0677. The molecule has 4 aromatic carbocycles. The third kappa shape index (κ3) is 7.03. The van der Waals surface area contributed by atoms with Crippen LogP contribution in [-0.4, -0.2) is 15.2 Å². The van der Waals surface area contributed by atoms with Gasteiger partial charge in [-0.05, 0) is 181 Å². The molecule has 0 spiro atoms. The van der Waals surface area contributed by atoms with Gasteiger partial charge in [-0.15, -0.1) is 0 Å². The Morgan fingerprint density at radius 2 is 0.738 bits per heavy atom. The Morgan fingerprint density at radius 1 is 0.426 bits per heavy atom. The van der Waals surface area contributed by atoms with E-state index in [-0.39, 0.29) is 47.5 Å². The fourth-order valence-corrected chi connectivity index (χ4v) is 14.9. The van der Waals surface area contributed by atoms with Crippen LogP contribution in [0.5, 0.6) is 11.5 Å². The summed E-state index contributed by atoms with van der Waals surface area (Å²) in [7, 11) is 0. The molecule has 1 aromatic heterocycles. The van der Waals surface area contributed by atoms with Crippen molar-refractivity contribution < 1.29 is 36.1 Å². The minimum absolute atomic E-state index is 0. The van der Waals surface area contributed by atoms with E-state index in [9.17, 15) is 10.2 Å². The third-order valence-corrected chi connectivity index (χ3v) is 16.9. The van der Waals surface area contributed by atoms with Crippen LogP contribution in [0.1, 0.15) is 141 Å². The summed E-state index contributed by atoms with van der Waals surface area (Å²) in [5, 5.41) is 25.2. The summed E-state index contributed by atoms with van der Waals surface area (Å²) in [6.07, 6.45) is 15.5. The van der Waals surface area contributed by atoms with Gasteiger partial charge in [0.2, 0.25) is 0 Å². The van der Waals surface area contributed by atoms with E-state index in [0.717, 1.165) is 80.3 Å². The van der Waals surface area contributed by atoms with Crippen molar-refractivity contribution in [2.24, 2.45) is 35.5 Å². The van der Waals surface area contributed by atoms with Gasteiger partial charge in [0.05, 0.1) is 11.4 Å². The summed E-state index contributed by atoms with van der Waals surface area (Å²) in [4.78, 5) is 5.48. The molecule has 8 saturated carbocycles. The number of nitrogens with zero attached hydrogens (tertiary/aromatic N) is 1. The first-order chi connectivity index (χ1) is 28.6. The van der Waals surface area contributed by atoms with Crippen molar-refractivity contribution in [3.63, 3.8) is 0 Å². The summed E-state index contributed by atoms with van der Waals surface area (Å²) < 4.78 is 0. The minimum Gasteiger partial charge on any atom is -0.507 e. The fraction of sp³-hybridized carbons (Fsp3) is 0.491. The molecule has 5 aromatic rings. The zero-order valence-electron chi connectivity index (χ0n) is 37.5. The molecule has 0 amide bonds. The zero-order chi connectivity index (χ0) is 41.3. The predicted octanol–water partition coefficient (Wildman–Crippen LogP) is 14.7. The van der Waals surface area contributed by atoms with Gasteiger partial charge in [-0.3, -0.25) is 0 Å². The van der Waals surface area contributed by atoms with Crippen LogP contribution in [0.4, 0.5) is 0 Å². The SMILES string of the molecule is CC(C)(C)c1cc(-c2ccccc2-c2cccc(-c3ccccc3-c3cc(C(C)(C)C)cc(C45CC6CC(CC(C6)C4)C5)c3O)n2)c(O)c(C23CC4CC(CC(C4)C2)C3)c1.[Hf]. The molecular weight excluding hydrogens is 909 g/mol. The van der Waals surface area contributed by atoms with Crippen LogP contribution in [0.2, 0.25) is 0 Å². The number of phenols is 2. The van der Waals surface area contributed by atoms with Crippen molar-refractivity contribution in [1.82, 2.24) is 4.98 Å². The summed E-state index contributed by atoms with van der Waals surface area (Å²) in [5.74, 6) is 5.71. The van der Waals surface area contributed by atoms with E-state index in [1.54, 1.807) is 0 Å². The van der Waals surface area contributed by atoms with Gasteiger partial charge in [-0.2, -0.15) is 0 Å². The molecule has 8 aliphatic carbocycles. The molecule has 0 saturated heterocycles. The number of hydrogen-bond donors (Lipinski definition) is 2. The smallest absolute Gasteiger partial charge is 0.127 e. The van der Waals surface area contributed by atoms with Gasteiger partial charge in [0.15, 0.2) is 0 Å². The molecule has 0 radical (unpaired) electrons. The first-order valence-electron chi connectivity index (χ1n) is 23.6. The first-order valence-corrected chi connectivity index (χ1v) is 23.6. The molecule has 13 rings (SSSR count). The maximum atomic E-state index is 12.6. The van der Waals surface area contributed by atoms with Crippen molar-refractivity contribution in [2.45, 2.75) is 140 Å². The number of pyridine rings is 1. The van der Waals surface area contributed by atoms with E-state index in [1.165, 1.54) is 99.3 Å². The van der Waals surface area contributed by atoms with Crippen LogP contribution >= 0.6 is 0 Å². The van der Waals surface area contributed by atoms with E-state index < -0.39 is 0 Å². The number of benzene rings is 4. The largest absolute Gasteiger partial charge is 0.507 e. The van der Waals surface area contributed by atoms with Crippen molar-refractivity contribution in [1.29, 1.82) is 0 Å². The Labute approximate surface area is 384 Å². The Hall–Kier alpha value is -3.50. The summed E-state index contributed by atoms with van der Waals surface area (Å²) >= 11 is 0. The average molecular weight is 975 g/mol. The van der Waals surface area contributed by atoms with Crippen LogP contribution in [0.3, 0.4) is 0 Å². The molecular formula is C57H65HfNO2. The summed E-state index contributed by atoms with van der Waals surface area (Å²) in [6.45, 7) is 13.8. The molecule has 1 heterocycles.